The summed E-state index contributed by atoms with van der Waals surface area (Å²) in [6, 6.07) is 3.11. The van der Waals surface area contributed by atoms with Gasteiger partial charge < -0.3 is 24.5 Å². The number of amides is 1. The van der Waals surface area contributed by atoms with Crippen molar-refractivity contribution in [3.8, 4) is 16.9 Å². The van der Waals surface area contributed by atoms with Gasteiger partial charge in [0.25, 0.3) is 5.91 Å². The number of carboxylic acids is 1. The van der Waals surface area contributed by atoms with Gasteiger partial charge in [-0.05, 0) is 76.6 Å². The van der Waals surface area contributed by atoms with Gasteiger partial charge in [0.15, 0.2) is 17.7 Å². The van der Waals surface area contributed by atoms with E-state index in [0.29, 0.717) is 58.7 Å². The summed E-state index contributed by atoms with van der Waals surface area (Å²) in [6.07, 6.45) is 0.0302. The van der Waals surface area contributed by atoms with Crippen molar-refractivity contribution >= 4 is 22.9 Å². The molecule has 2 N–H and O–H groups in total. The minimum Gasteiger partial charge on any atom is -0.490 e. The summed E-state index contributed by atoms with van der Waals surface area (Å²) in [4.78, 5) is 30.5. The number of benzene rings is 1. The third kappa shape index (κ3) is 5.50. The number of halogens is 1. The zero-order chi connectivity index (χ0) is 28.8. The minimum absolute atomic E-state index is 0.244. The van der Waals surface area contributed by atoms with Crippen molar-refractivity contribution in [3.63, 3.8) is 0 Å². The standard InChI is InChI=1S/C30H38FN3O5/c1-15(2)14-32-28(35)22-13-20-24(19-12-21(31)25-18(16(19)3)10-9-11-38-25)23(17(4)33-27(20)34(22)8)26(29(36)37)39-30(5,6)7/h12-13,15,26H,9-11,14H2,1-8H3,(H,32,35)(H,36,37)/t26-/m0/s1. The molecular formula is C30H38FN3O5. The highest BCUT2D eigenvalue weighted by Gasteiger charge is 2.34. The average Bonchev–Trinajstić information content (AvgIpc) is 3.18. The number of hydrogen-bond acceptors (Lipinski definition) is 5. The monoisotopic (exact) mass is 539 g/mol. The molecule has 0 unspecified atom stereocenters. The Labute approximate surface area is 228 Å². The number of carbonyl (C=O) groups is 2. The lowest BCUT2D eigenvalue weighted by molar-refractivity contribution is -0.160. The Balaban J connectivity index is 2.09. The fraction of sp³-hybridized carbons (Fsp3) is 0.500. The highest BCUT2D eigenvalue weighted by molar-refractivity contribution is 6.04. The second-order valence-corrected chi connectivity index (χ2v) is 11.7. The summed E-state index contributed by atoms with van der Waals surface area (Å²) < 4.78 is 28.9. The summed E-state index contributed by atoms with van der Waals surface area (Å²) in [5.74, 6) is -1.44. The van der Waals surface area contributed by atoms with Crippen molar-refractivity contribution in [1.29, 1.82) is 0 Å². The second-order valence-electron chi connectivity index (χ2n) is 11.7. The number of aryl methyl sites for hydroxylation is 2. The first kappa shape index (κ1) is 28.5. The van der Waals surface area contributed by atoms with Gasteiger partial charge in [-0.3, -0.25) is 4.79 Å². The predicted molar refractivity (Wildman–Crippen MR) is 148 cm³/mol. The molecule has 8 nitrogen and oxygen atoms in total. The molecule has 2 aromatic heterocycles. The number of nitrogens with one attached hydrogen (secondary N) is 1. The zero-order valence-electron chi connectivity index (χ0n) is 24.0. The Morgan fingerprint density at radius 1 is 1.26 bits per heavy atom. The summed E-state index contributed by atoms with van der Waals surface area (Å²) >= 11 is 0. The van der Waals surface area contributed by atoms with E-state index in [-0.39, 0.29) is 17.6 Å². The first-order chi connectivity index (χ1) is 18.2. The number of fused-ring (bicyclic) bond motifs is 2. The molecule has 0 aliphatic carbocycles. The van der Waals surface area contributed by atoms with Crippen molar-refractivity contribution in [2.75, 3.05) is 13.2 Å². The maximum absolute atomic E-state index is 15.5. The number of aliphatic carboxylic acids is 1. The van der Waals surface area contributed by atoms with Crippen LogP contribution in [0.3, 0.4) is 0 Å². The Bertz CT molecular complexity index is 1450. The molecule has 4 rings (SSSR count). The molecule has 1 amide bonds. The summed E-state index contributed by atoms with van der Waals surface area (Å²) in [5, 5.41) is 13.8. The number of carboxylic acid groups (broad SMARTS) is 1. The molecule has 0 spiro atoms. The number of rotatable bonds is 7. The zero-order valence-corrected chi connectivity index (χ0v) is 24.0. The summed E-state index contributed by atoms with van der Waals surface area (Å²) in [6.45, 7) is 13.9. The molecule has 0 saturated carbocycles. The van der Waals surface area contributed by atoms with Gasteiger partial charge >= 0.3 is 5.97 Å². The van der Waals surface area contributed by atoms with E-state index in [1.54, 1.807) is 45.4 Å². The topological polar surface area (TPSA) is 103 Å². The van der Waals surface area contributed by atoms with Gasteiger partial charge in [-0.1, -0.05) is 13.8 Å². The highest BCUT2D eigenvalue weighted by atomic mass is 19.1. The molecule has 1 aliphatic rings. The van der Waals surface area contributed by atoms with Gasteiger partial charge in [0.1, 0.15) is 11.3 Å². The maximum Gasteiger partial charge on any atom is 0.337 e. The Morgan fingerprint density at radius 2 is 1.95 bits per heavy atom. The van der Waals surface area contributed by atoms with E-state index in [1.165, 1.54) is 6.07 Å². The van der Waals surface area contributed by atoms with Crippen LogP contribution in [0.5, 0.6) is 5.75 Å². The van der Waals surface area contributed by atoms with Crippen LogP contribution in [-0.4, -0.2) is 45.3 Å². The molecule has 9 heteroatoms. The van der Waals surface area contributed by atoms with Crippen LogP contribution in [-0.2, 0) is 23.0 Å². The average molecular weight is 540 g/mol. The molecule has 1 aromatic carbocycles. The Morgan fingerprint density at radius 3 is 2.56 bits per heavy atom. The van der Waals surface area contributed by atoms with Gasteiger partial charge in [0.2, 0.25) is 0 Å². The first-order valence-corrected chi connectivity index (χ1v) is 13.3. The molecule has 39 heavy (non-hydrogen) atoms. The van der Waals surface area contributed by atoms with Crippen LogP contribution in [0.2, 0.25) is 0 Å². The molecule has 1 aliphatic heterocycles. The number of carbonyl (C=O) groups excluding carboxylic acids is 1. The number of nitrogens with zero attached hydrogens (tertiary/aromatic N) is 2. The fourth-order valence-electron chi connectivity index (χ4n) is 5.18. The third-order valence-electron chi connectivity index (χ3n) is 6.97. The maximum atomic E-state index is 15.5. The van der Waals surface area contributed by atoms with Crippen LogP contribution in [0, 0.1) is 25.6 Å². The molecule has 3 aromatic rings. The van der Waals surface area contributed by atoms with Crippen molar-refractivity contribution in [2.45, 2.75) is 73.0 Å². The van der Waals surface area contributed by atoms with Crippen molar-refractivity contribution in [2.24, 2.45) is 13.0 Å². The molecule has 0 saturated heterocycles. The van der Waals surface area contributed by atoms with Gasteiger partial charge in [0.05, 0.1) is 12.2 Å². The lowest BCUT2D eigenvalue weighted by atomic mass is 9.86. The van der Waals surface area contributed by atoms with Crippen LogP contribution in [0.4, 0.5) is 4.39 Å². The first-order valence-electron chi connectivity index (χ1n) is 13.3. The van der Waals surface area contributed by atoms with E-state index in [2.05, 4.69) is 5.32 Å². The molecule has 0 radical (unpaired) electrons. The van der Waals surface area contributed by atoms with Crippen LogP contribution in [0.1, 0.15) is 80.0 Å². The van der Waals surface area contributed by atoms with E-state index >= 15 is 4.39 Å². The molecule has 3 heterocycles. The summed E-state index contributed by atoms with van der Waals surface area (Å²) in [5.41, 5.74) is 3.44. The normalized spacial score (nSPS) is 14.3. The van der Waals surface area contributed by atoms with Crippen molar-refractivity contribution < 1.29 is 28.6 Å². The van der Waals surface area contributed by atoms with Gasteiger partial charge in [-0.25, -0.2) is 14.2 Å². The largest absolute Gasteiger partial charge is 0.490 e. The van der Waals surface area contributed by atoms with E-state index in [9.17, 15) is 14.7 Å². The minimum atomic E-state index is -1.37. The molecule has 0 bridgehead atoms. The lowest BCUT2D eigenvalue weighted by Gasteiger charge is -2.29. The molecule has 210 valence electrons. The van der Waals surface area contributed by atoms with Crippen LogP contribution in [0.25, 0.3) is 22.2 Å². The van der Waals surface area contributed by atoms with Gasteiger partial charge in [0, 0.05) is 41.4 Å². The van der Waals surface area contributed by atoms with Crippen LogP contribution in [0.15, 0.2) is 12.1 Å². The van der Waals surface area contributed by atoms with Crippen LogP contribution >= 0.6 is 0 Å². The van der Waals surface area contributed by atoms with E-state index in [1.807, 2.05) is 20.8 Å². The Kier molecular flexibility index (Phi) is 7.76. The number of aromatic nitrogens is 2. The van der Waals surface area contributed by atoms with Crippen LogP contribution < -0.4 is 10.1 Å². The van der Waals surface area contributed by atoms with E-state index < -0.39 is 23.5 Å². The predicted octanol–water partition coefficient (Wildman–Crippen LogP) is 5.65. The molecule has 1 atom stereocenters. The smallest absolute Gasteiger partial charge is 0.337 e. The van der Waals surface area contributed by atoms with Gasteiger partial charge in [-0.15, -0.1) is 0 Å². The lowest BCUT2D eigenvalue weighted by Crippen LogP contribution is -2.29. The Hall–Kier alpha value is -3.46. The van der Waals surface area contributed by atoms with Gasteiger partial charge in [-0.2, -0.15) is 0 Å². The summed E-state index contributed by atoms with van der Waals surface area (Å²) in [7, 11) is 1.75. The number of hydrogen-bond donors (Lipinski definition) is 2. The molecular weight excluding hydrogens is 501 g/mol. The number of ether oxygens (including phenoxy) is 2. The number of pyridine rings is 1. The quantitative estimate of drug-likeness (QED) is 0.402. The van der Waals surface area contributed by atoms with E-state index in [4.69, 9.17) is 14.5 Å². The van der Waals surface area contributed by atoms with E-state index in [0.717, 1.165) is 17.5 Å². The highest BCUT2D eigenvalue weighted by Crippen LogP contribution is 2.44. The van der Waals surface area contributed by atoms with Crippen molar-refractivity contribution in [1.82, 2.24) is 14.9 Å². The molecule has 0 fully saturated rings. The third-order valence-corrected chi connectivity index (χ3v) is 6.97. The fourth-order valence-corrected chi connectivity index (χ4v) is 5.18. The SMILES string of the molecule is Cc1nc2c(cc(C(=O)NCC(C)C)n2C)c(-c2cc(F)c3c(c2C)CCCO3)c1[C@H](OC(C)(C)C)C(=O)O. The van der Waals surface area contributed by atoms with Crippen molar-refractivity contribution in [3.05, 3.63) is 46.0 Å². The second kappa shape index (κ2) is 10.6.